The van der Waals surface area contributed by atoms with Crippen LogP contribution in [0.2, 0.25) is 0 Å². The van der Waals surface area contributed by atoms with Crippen LogP contribution in [-0.4, -0.2) is 37.0 Å². The molecule has 1 aromatic carbocycles. The van der Waals surface area contributed by atoms with Crippen LogP contribution in [0.5, 0.6) is 0 Å². The predicted octanol–water partition coefficient (Wildman–Crippen LogP) is 3.53. The minimum Gasteiger partial charge on any atom is -0.451 e. The van der Waals surface area contributed by atoms with Crippen molar-refractivity contribution < 1.29 is 9.21 Å². The van der Waals surface area contributed by atoms with Crippen LogP contribution in [0.3, 0.4) is 0 Å². The molecule has 1 amide bonds. The molecule has 0 saturated carbocycles. The zero-order chi connectivity index (χ0) is 14.5. The lowest BCUT2D eigenvalue weighted by molar-refractivity contribution is 0.0923. The number of hydrogen-bond donors (Lipinski definition) is 1. The van der Waals surface area contributed by atoms with E-state index in [1.807, 2.05) is 18.2 Å². The standard InChI is InChI=1S/C15H19IN2O2.ClH/c1-3-18(4-2)8-7-17-15(19)14-10-11-9-12(16)5-6-13(11)20-14;/h5-6,9-10H,3-4,7-8H2,1-2H3,(H,17,19);1H/i16-2;. The summed E-state index contributed by atoms with van der Waals surface area (Å²) in [7, 11) is 0. The maximum Gasteiger partial charge on any atom is 0.287 e. The quantitative estimate of drug-likeness (QED) is 0.727. The summed E-state index contributed by atoms with van der Waals surface area (Å²) in [5.74, 6) is 0.227. The number of halogens is 2. The van der Waals surface area contributed by atoms with E-state index in [1.54, 1.807) is 6.07 Å². The van der Waals surface area contributed by atoms with E-state index in [2.05, 4.69) is 46.7 Å². The van der Waals surface area contributed by atoms with Gasteiger partial charge in [0.25, 0.3) is 5.91 Å². The molecule has 0 atom stereocenters. The van der Waals surface area contributed by atoms with Gasteiger partial charge < -0.3 is 14.6 Å². The molecular weight excluding hydrogens is 401 g/mol. The molecule has 0 spiro atoms. The smallest absolute Gasteiger partial charge is 0.287 e. The highest BCUT2D eigenvalue weighted by atomic mass is 125. The van der Waals surface area contributed by atoms with Crippen LogP contribution in [0.4, 0.5) is 0 Å². The molecule has 0 aliphatic carbocycles. The van der Waals surface area contributed by atoms with Crippen molar-refractivity contribution in [3.8, 4) is 0 Å². The molecule has 6 heteroatoms. The summed E-state index contributed by atoms with van der Waals surface area (Å²) in [6.45, 7) is 7.72. The van der Waals surface area contributed by atoms with Gasteiger partial charge in [0.05, 0.1) is 0 Å². The van der Waals surface area contributed by atoms with Crippen LogP contribution in [0.1, 0.15) is 24.4 Å². The number of carbonyl (C=O) groups is 1. The van der Waals surface area contributed by atoms with E-state index < -0.39 is 0 Å². The van der Waals surface area contributed by atoms with Crippen LogP contribution in [0.25, 0.3) is 11.0 Å². The highest BCUT2D eigenvalue weighted by Gasteiger charge is 2.12. The zero-order valence-electron chi connectivity index (χ0n) is 12.2. The minimum absolute atomic E-state index is 0. The van der Waals surface area contributed by atoms with E-state index in [1.165, 1.54) is 0 Å². The normalized spacial score (nSPS) is 10.7. The number of carbonyl (C=O) groups excluding carboxylic acids is 1. The third-order valence-corrected chi connectivity index (χ3v) is 3.98. The maximum absolute atomic E-state index is 12.0. The van der Waals surface area contributed by atoms with Crippen molar-refractivity contribution in [3.63, 3.8) is 0 Å². The third-order valence-electron chi connectivity index (χ3n) is 3.31. The Morgan fingerprint density at radius 3 is 2.67 bits per heavy atom. The molecule has 0 unspecified atom stereocenters. The number of fused-ring (bicyclic) bond motifs is 1. The Balaban J connectivity index is 0.00000220. The van der Waals surface area contributed by atoms with Gasteiger partial charge in [-0.15, -0.1) is 12.4 Å². The van der Waals surface area contributed by atoms with Gasteiger partial charge in [0.1, 0.15) is 5.58 Å². The number of nitrogens with one attached hydrogen (secondary N) is 1. The molecule has 1 heterocycles. The largest absolute Gasteiger partial charge is 0.451 e. The van der Waals surface area contributed by atoms with Gasteiger partial charge in [-0.1, -0.05) is 13.8 Å². The van der Waals surface area contributed by atoms with E-state index in [0.29, 0.717) is 12.3 Å². The van der Waals surface area contributed by atoms with Crippen molar-refractivity contribution >= 4 is 51.9 Å². The molecule has 21 heavy (non-hydrogen) atoms. The average molecular weight is 421 g/mol. The van der Waals surface area contributed by atoms with E-state index in [-0.39, 0.29) is 18.3 Å². The van der Waals surface area contributed by atoms with Crippen LogP contribution in [0.15, 0.2) is 28.7 Å². The maximum atomic E-state index is 12.0. The third kappa shape index (κ3) is 4.86. The van der Waals surface area contributed by atoms with E-state index >= 15 is 0 Å². The molecule has 2 rings (SSSR count). The Kier molecular flexibility index (Phi) is 7.48. The molecule has 1 aromatic heterocycles. The molecule has 0 aliphatic heterocycles. The second-order valence-corrected chi connectivity index (χ2v) is 5.82. The molecule has 1 N–H and O–H groups in total. The highest BCUT2D eigenvalue weighted by Crippen LogP contribution is 2.21. The van der Waals surface area contributed by atoms with Gasteiger partial charge in [0, 0.05) is 22.0 Å². The van der Waals surface area contributed by atoms with Crippen LogP contribution in [-0.2, 0) is 0 Å². The Labute approximate surface area is 144 Å². The van der Waals surface area contributed by atoms with Crippen LogP contribution >= 0.6 is 35.0 Å². The fraction of sp³-hybridized carbons (Fsp3) is 0.400. The first-order valence-electron chi connectivity index (χ1n) is 6.83. The average Bonchev–Trinajstić information content (AvgIpc) is 2.86. The molecule has 2 aromatic rings. The fourth-order valence-electron chi connectivity index (χ4n) is 2.08. The molecule has 0 radical (unpaired) electrons. The molecule has 4 nitrogen and oxygen atoms in total. The highest BCUT2D eigenvalue weighted by molar-refractivity contribution is 14.1. The Morgan fingerprint density at radius 1 is 1.29 bits per heavy atom. The summed E-state index contributed by atoms with van der Waals surface area (Å²) in [6.07, 6.45) is 0. The number of hydrogen-bond acceptors (Lipinski definition) is 3. The van der Waals surface area contributed by atoms with Crippen molar-refractivity contribution in [1.29, 1.82) is 0 Å². The Morgan fingerprint density at radius 2 is 2.00 bits per heavy atom. The van der Waals surface area contributed by atoms with Gasteiger partial charge in [-0.25, -0.2) is 0 Å². The number of rotatable bonds is 6. The first-order valence-corrected chi connectivity index (χ1v) is 7.91. The van der Waals surface area contributed by atoms with Gasteiger partial charge in [-0.2, -0.15) is 0 Å². The fourth-order valence-corrected chi connectivity index (χ4v) is 2.60. The predicted molar refractivity (Wildman–Crippen MR) is 96.3 cm³/mol. The summed E-state index contributed by atoms with van der Waals surface area (Å²) in [4.78, 5) is 14.3. The SMILES string of the molecule is CCN(CC)CCNC(=O)c1cc2cc([125I])ccc2o1.Cl. The molecule has 116 valence electrons. The second-order valence-electron chi connectivity index (χ2n) is 4.58. The molecule has 0 saturated heterocycles. The summed E-state index contributed by atoms with van der Waals surface area (Å²) in [5.41, 5.74) is 0.749. The van der Waals surface area contributed by atoms with Crippen LogP contribution < -0.4 is 5.32 Å². The Bertz CT molecular complexity index is 596. The number of benzene rings is 1. The van der Waals surface area contributed by atoms with Gasteiger partial charge in [0.2, 0.25) is 0 Å². The molecule has 0 bridgehead atoms. The number of nitrogens with zero attached hydrogens (tertiary/aromatic N) is 1. The summed E-state index contributed by atoms with van der Waals surface area (Å²) >= 11 is 2.24. The van der Waals surface area contributed by atoms with Crippen molar-refractivity contribution in [3.05, 3.63) is 33.6 Å². The number of furan rings is 1. The van der Waals surface area contributed by atoms with Gasteiger partial charge in [0.15, 0.2) is 5.76 Å². The summed E-state index contributed by atoms with van der Waals surface area (Å²) < 4.78 is 6.70. The topological polar surface area (TPSA) is 45.5 Å². The zero-order valence-corrected chi connectivity index (χ0v) is 15.2. The summed E-state index contributed by atoms with van der Waals surface area (Å²) in [5, 5.41) is 3.86. The van der Waals surface area contributed by atoms with Crippen molar-refractivity contribution in [2.75, 3.05) is 26.2 Å². The molecular formula is C15H20ClIN2O2. The van der Waals surface area contributed by atoms with Crippen molar-refractivity contribution in [1.82, 2.24) is 10.2 Å². The minimum atomic E-state index is -0.150. The van der Waals surface area contributed by atoms with E-state index in [9.17, 15) is 4.79 Å². The first kappa shape index (κ1) is 18.3. The Hall–Kier alpha value is -0.790. The van der Waals surface area contributed by atoms with E-state index in [0.717, 1.165) is 34.2 Å². The van der Waals surface area contributed by atoms with Gasteiger partial charge in [-0.3, -0.25) is 4.79 Å². The van der Waals surface area contributed by atoms with Gasteiger partial charge >= 0.3 is 0 Å². The monoisotopic (exact) mass is 420 g/mol. The van der Waals surface area contributed by atoms with Crippen LogP contribution in [0, 0.1) is 3.57 Å². The summed E-state index contributed by atoms with van der Waals surface area (Å²) in [6, 6.07) is 7.66. The number of likely N-dealkylation sites (N-methyl/N-ethyl adjacent to an activating group) is 1. The van der Waals surface area contributed by atoms with Gasteiger partial charge in [-0.05, 0) is 59.9 Å². The lowest BCUT2D eigenvalue weighted by Gasteiger charge is -2.17. The lowest BCUT2D eigenvalue weighted by Crippen LogP contribution is -2.34. The van der Waals surface area contributed by atoms with Crippen molar-refractivity contribution in [2.24, 2.45) is 0 Å². The first-order chi connectivity index (χ1) is 9.63. The van der Waals surface area contributed by atoms with Crippen molar-refractivity contribution in [2.45, 2.75) is 13.8 Å². The lowest BCUT2D eigenvalue weighted by atomic mass is 10.2. The molecule has 0 aliphatic rings. The number of amides is 1. The molecule has 0 fully saturated rings. The second kappa shape index (κ2) is 8.60. The van der Waals surface area contributed by atoms with E-state index in [4.69, 9.17) is 4.42 Å².